The van der Waals surface area contributed by atoms with Gasteiger partial charge < -0.3 is 11.1 Å². The van der Waals surface area contributed by atoms with Crippen molar-refractivity contribution in [1.82, 2.24) is 19.5 Å². The summed E-state index contributed by atoms with van der Waals surface area (Å²) in [6, 6.07) is 8.20. The van der Waals surface area contributed by atoms with E-state index in [0.29, 0.717) is 16.8 Å². The van der Waals surface area contributed by atoms with Crippen LogP contribution >= 0.6 is 0 Å². The lowest BCUT2D eigenvalue weighted by atomic mass is 10.2. The molecule has 0 bridgehead atoms. The van der Waals surface area contributed by atoms with Crippen LogP contribution in [-0.4, -0.2) is 35.0 Å². The molecule has 4 N–H and O–H groups in total. The fraction of sp³-hybridized carbons (Fsp3) is 0.200. The summed E-state index contributed by atoms with van der Waals surface area (Å²) in [7, 11) is -4.03. The molecule has 13 heteroatoms. The topological polar surface area (TPSA) is 149 Å². The van der Waals surface area contributed by atoms with Gasteiger partial charge in [-0.25, -0.2) is 21.9 Å². The first-order valence-electron chi connectivity index (χ1n) is 9.76. The van der Waals surface area contributed by atoms with Crippen LogP contribution in [0.3, 0.4) is 0 Å². The molecule has 33 heavy (non-hydrogen) atoms. The van der Waals surface area contributed by atoms with Gasteiger partial charge in [0.2, 0.25) is 17.8 Å². The lowest BCUT2D eigenvalue weighted by Crippen LogP contribution is -2.30. The van der Waals surface area contributed by atoms with E-state index in [0.717, 1.165) is 24.6 Å². The Morgan fingerprint density at radius 3 is 2.33 bits per heavy atom. The van der Waals surface area contributed by atoms with Gasteiger partial charge in [-0.3, -0.25) is 9.59 Å². The Kier molecular flexibility index (Phi) is 7.01. The lowest BCUT2D eigenvalue weighted by molar-refractivity contribution is -0.119. The number of carbonyl (C=O) groups excluding carboxylic acids is 2. The molecule has 0 aliphatic rings. The molecule has 10 nitrogen and oxygen atoms in total. The molecule has 3 rings (SSSR count). The minimum absolute atomic E-state index is 0.0978. The highest BCUT2D eigenvalue weighted by atomic mass is 32.2. The molecule has 1 amide bonds. The smallest absolute Gasteiger partial charge is 0.287 e. The van der Waals surface area contributed by atoms with Gasteiger partial charge in [-0.1, -0.05) is 19.4 Å². The molecule has 174 valence electrons. The standard InChI is InChI=1S/C20H20F2N6O4S/c1-2-3-7-16(29)27-33(31,32)13-10-8-12(9-11-13)24-20-25-19(23)28(26-20)18(30)17-14(21)5-4-6-15(17)22/h4-6,8-11H,2-3,7H2,1H3,(H,27,29)(H3,23,24,25,26). The maximum Gasteiger partial charge on any atom is 0.287 e. The molecule has 0 spiro atoms. The number of amides is 1. The van der Waals surface area contributed by atoms with Crippen LogP contribution in [0.1, 0.15) is 36.5 Å². The van der Waals surface area contributed by atoms with E-state index in [1.165, 1.54) is 24.3 Å². The zero-order valence-electron chi connectivity index (χ0n) is 17.4. The number of nitrogens with two attached hydrogens (primary N) is 1. The first kappa shape index (κ1) is 23.8. The first-order valence-corrected chi connectivity index (χ1v) is 11.2. The van der Waals surface area contributed by atoms with Gasteiger partial charge in [-0.2, -0.15) is 9.67 Å². The van der Waals surface area contributed by atoms with Gasteiger partial charge in [-0.05, 0) is 42.8 Å². The van der Waals surface area contributed by atoms with E-state index < -0.39 is 45.0 Å². The van der Waals surface area contributed by atoms with Gasteiger partial charge in [-0.15, -0.1) is 5.10 Å². The Bertz CT molecular complexity index is 1270. The highest BCUT2D eigenvalue weighted by molar-refractivity contribution is 7.90. The van der Waals surface area contributed by atoms with Crippen molar-refractivity contribution in [2.45, 2.75) is 31.1 Å². The summed E-state index contributed by atoms with van der Waals surface area (Å²) in [6.07, 6.45) is 1.42. The quantitative estimate of drug-likeness (QED) is 0.447. The summed E-state index contributed by atoms with van der Waals surface area (Å²) < 4.78 is 54.9. The third-order valence-corrected chi connectivity index (χ3v) is 5.82. The van der Waals surface area contributed by atoms with E-state index >= 15 is 0 Å². The SMILES string of the molecule is CCCCC(=O)NS(=O)(=O)c1ccc(Nc2nc(N)n(C(=O)c3c(F)cccc3F)n2)cc1. The summed E-state index contributed by atoms with van der Waals surface area (Å²) in [5, 5.41) is 6.52. The summed E-state index contributed by atoms with van der Waals surface area (Å²) >= 11 is 0. The molecule has 0 aliphatic heterocycles. The second-order valence-electron chi connectivity index (χ2n) is 6.89. The number of halogens is 2. The number of aromatic nitrogens is 3. The van der Waals surface area contributed by atoms with Crippen molar-refractivity contribution in [2.75, 3.05) is 11.1 Å². The highest BCUT2D eigenvalue weighted by Crippen LogP contribution is 2.20. The summed E-state index contributed by atoms with van der Waals surface area (Å²) in [6.45, 7) is 1.88. The fourth-order valence-electron chi connectivity index (χ4n) is 2.78. The summed E-state index contributed by atoms with van der Waals surface area (Å²) in [4.78, 5) is 27.9. The number of nitrogens with zero attached hydrogens (tertiary/aromatic N) is 3. The number of nitrogen functional groups attached to an aromatic ring is 1. The lowest BCUT2D eigenvalue weighted by Gasteiger charge is -2.08. The van der Waals surface area contributed by atoms with Gasteiger partial charge >= 0.3 is 0 Å². The van der Waals surface area contributed by atoms with Gasteiger partial charge in [0.05, 0.1) is 4.90 Å². The normalized spacial score (nSPS) is 11.2. The molecule has 0 radical (unpaired) electrons. The molecule has 1 heterocycles. The van der Waals surface area contributed by atoms with Crippen LogP contribution in [0.5, 0.6) is 0 Å². The molecule has 0 unspecified atom stereocenters. The van der Waals surface area contributed by atoms with E-state index in [-0.39, 0.29) is 17.3 Å². The minimum atomic E-state index is -4.03. The van der Waals surface area contributed by atoms with E-state index in [2.05, 4.69) is 15.4 Å². The summed E-state index contributed by atoms with van der Waals surface area (Å²) in [5.41, 5.74) is 5.15. The number of rotatable bonds is 8. The van der Waals surface area contributed by atoms with Crippen molar-refractivity contribution < 1.29 is 26.8 Å². The number of hydrogen-bond donors (Lipinski definition) is 3. The number of sulfonamides is 1. The van der Waals surface area contributed by atoms with Gasteiger partial charge in [0.1, 0.15) is 17.2 Å². The second kappa shape index (κ2) is 9.73. The number of nitrogens with one attached hydrogen (secondary N) is 2. The second-order valence-corrected chi connectivity index (χ2v) is 8.57. The maximum absolute atomic E-state index is 13.9. The van der Waals surface area contributed by atoms with E-state index in [4.69, 9.17) is 5.73 Å². The Morgan fingerprint density at radius 1 is 1.09 bits per heavy atom. The fourth-order valence-corrected chi connectivity index (χ4v) is 3.79. The van der Waals surface area contributed by atoms with Crippen molar-refractivity contribution in [3.05, 3.63) is 59.7 Å². The first-order chi connectivity index (χ1) is 15.6. The van der Waals surface area contributed by atoms with Gasteiger partial charge in [0, 0.05) is 12.1 Å². The van der Waals surface area contributed by atoms with E-state index in [1.807, 2.05) is 11.6 Å². The van der Waals surface area contributed by atoms with Crippen LogP contribution < -0.4 is 15.8 Å². The third-order valence-electron chi connectivity index (χ3n) is 4.43. The molecular formula is C20H20F2N6O4S. The average Bonchev–Trinajstić information content (AvgIpc) is 3.12. The average molecular weight is 478 g/mol. The molecule has 1 aromatic heterocycles. The van der Waals surface area contributed by atoms with E-state index in [1.54, 1.807) is 0 Å². The van der Waals surface area contributed by atoms with Crippen LogP contribution in [0.4, 0.5) is 26.4 Å². The maximum atomic E-state index is 13.9. The van der Waals surface area contributed by atoms with Crippen LogP contribution in [0.15, 0.2) is 47.4 Å². The van der Waals surface area contributed by atoms with E-state index in [9.17, 15) is 26.8 Å². The Balaban J connectivity index is 1.75. The predicted octanol–water partition coefficient (Wildman–Crippen LogP) is 2.57. The van der Waals surface area contributed by atoms with Crippen molar-refractivity contribution in [2.24, 2.45) is 0 Å². The summed E-state index contributed by atoms with van der Waals surface area (Å²) in [5.74, 6) is -4.49. The minimum Gasteiger partial charge on any atom is -0.368 e. The van der Waals surface area contributed by atoms with Crippen molar-refractivity contribution in [3.8, 4) is 0 Å². The molecule has 0 atom stereocenters. The molecule has 0 fully saturated rings. The Hall–Kier alpha value is -3.87. The largest absolute Gasteiger partial charge is 0.368 e. The number of anilines is 3. The molecule has 0 saturated carbocycles. The molecule has 0 aliphatic carbocycles. The highest BCUT2D eigenvalue weighted by Gasteiger charge is 2.23. The van der Waals surface area contributed by atoms with Crippen molar-refractivity contribution in [1.29, 1.82) is 0 Å². The zero-order valence-corrected chi connectivity index (χ0v) is 18.2. The number of carbonyl (C=O) groups is 2. The predicted molar refractivity (Wildman–Crippen MR) is 115 cm³/mol. The van der Waals surface area contributed by atoms with Gasteiger partial charge in [0.15, 0.2) is 0 Å². The van der Waals surface area contributed by atoms with Crippen molar-refractivity contribution >= 4 is 39.4 Å². The Morgan fingerprint density at radius 2 is 1.73 bits per heavy atom. The zero-order chi connectivity index (χ0) is 24.2. The van der Waals surface area contributed by atoms with Gasteiger partial charge in [0.25, 0.3) is 15.9 Å². The number of hydrogen-bond acceptors (Lipinski definition) is 8. The number of unbranched alkanes of at least 4 members (excludes halogenated alkanes) is 1. The van der Waals surface area contributed by atoms with Crippen LogP contribution in [-0.2, 0) is 14.8 Å². The molecule has 3 aromatic rings. The molecular weight excluding hydrogens is 458 g/mol. The van der Waals surface area contributed by atoms with Crippen molar-refractivity contribution in [3.63, 3.8) is 0 Å². The number of benzene rings is 2. The van der Waals surface area contributed by atoms with Crippen LogP contribution in [0, 0.1) is 11.6 Å². The monoisotopic (exact) mass is 478 g/mol. The molecule has 0 saturated heterocycles. The van der Waals surface area contributed by atoms with Crippen LogP contribution in [0.25, 0.3) is 0 Å². The third kappa shape index (κ3) is 5.49. The molecule has 2 aromatic carbocycles. The van der Waals surface area contributed by atoms with Crippen LogP contribution in [0.2, 0.25) is 0 Å². The Labute approximate surface area is 187 Å².